The van der Waals surface area contributed by atoms with Crippen molar-refractivity contribution >= 4 is 11.0 Å². The molecular weight excluding hydrogens is 292 g/mol. The minimum atomic E-state index is -1.31. The molecule has 0 spiro atoms. The smallest absolute Gasteiger partial charge is 0.164 e. The summed E-state index contributed by atoms with van der Waals surface area (Å²) in [6.45, 7) is -0.459. The van der Waals surface area contributed by atoms with Crippen LogP contribution < -0.4 is 11.3 Å². The van der Waals surface area contributed by atoms with Crippen LogP contribution in [0.3, 0.4) is 0 Å². The van der Waals surface area contributed by atoms with Gasteiger partial charge in [-0.2, -0.15) is 5.26 Å². The summed E-state index contributed by atoms with van der Waals surface area (Å²) in [5.74, 6) is 5.56. The summed E-state index contributed by atoms with van der Waals surface area (Å²) in [6, 6.07) is 1.93. The number of rotatable bonds is 2. The van der Waals surface area contributed by atoms with Gasteiger partial charge in [0.1, 0.15) is 36.4 Å². The molecule has 1 aliphatic heterocycles. The Morgan fingerprint density at radius 1 is 1.45 bits per heavy atom. The minimum absolute atomic E-state index is 0.118. The molecule has 1 aliphatic rings. The van der Waals surface area contributed by atoms with E-state index in [1.165, 1.54) is 17.1 Å². The van der Waals surface area contributed by atoms with Crippen LogP contribution in [-0.4, -0.2) is 54.5 Å². The molecule has 0 aromatic carbocycles. The normalized spacial score (nSPS) is 28.1. The zero-order valence-corrected chi connectivity index (χ0v) is 11.3. The molecule has 22 heavy (non-hydrogen) atoms. The summed E-state index contributed by atoms with van der Waals surface area (Å²) < 4.78 is 7.74. The second-order valence-corrected chi connectivity index (χ2v) is 4.99. The molecular formula is C12H14N6O4. The first-order chi connectivity index (χ1) is 10.5. The number of aliphatic hydroxyl groups is 3. The van der Waals surface area contributed by atoms with E-state index in [0.717, 1.165) is 4.68 Å². The molecule has 3 rings (SSSR count). The van der Waals surface area contributed by atoms with E-state index in [0.29, 0.717) is 0 Å². The molecule has 0 radical (unpaired) electrons. The van der Waals surface area contributed by atoms with E-state index in [1.54, 1.807) is 0 Å². The van der Waals surface area contributed by atoms with E-state index in [9.17, 15) is 15.5 Å². The summed E-state index contributed by atoms with van der Waals surface area (Å²) in [5.41, 5.74) is 0.246. The molecule has 0 bridgehead atoms. The van der Waals surface area contributed by atoms with Crippen LogP contribution in [-0.2, 0) is 4.74 Å². The van der Waals surface area contributed by atoms with Crippen LogP contribution in [0.1, 0.15) is 11.8 Å². The fourth-order valence-corrected chi connectivity index (χ4v) is 2.57. The molecule has 2 aromatic heterocycles. The van der Waals surface area contributed by atoms with Crippen molar-refractivity contribution in [2.75, 3.05) is 12.4 Å². The highest BCUT2D eigenvalue weighted by molar-refractivity contribution is 5.82. The van der Waals surface area contributed by atoms with Gasteiger partial charge in [0.15, 0.2) is 11.7 Å². The molecule has 0 aliphatic carbocycles. The second kappa shape index (κ2) is 5.08. The Morgan fingerprint density at radius 3 is 2.77 bits per heavy atom. The van der Waals surface area contributed by atoms with E-state index in [2.05, 4.69) is 4.98 Å². The lowest BCUT2D eigenvalue weighted by Gasteiger charge is -2.17. The third kappa shape index (κ3) is 1.88. The van der Waals surface area contributed by atoms with Gasteiger partial charge in [-0.05, 0) is 0 Å². The average molecular weight is 306 g/mol. The predicted molar refractivity (Wildman–Crippen MR) is 71.5 cm³/mol. The van der Waals surface area contributed by atoms with E-state index >= 15 is 0 Å². The molecule has 4 atom stereocenters. The largest absolute Gasteiger partial charge is 0.394 e. The number of nitrogens with two attached hydrogens (primary N) is 1. The quantitative estimate of drug-likeness (QED) is 0.383. The van der Waals surface area contributed by atoms with Crippen LogP contribution in [0.5, 0.6) is 0 Å². The molecule has 116 valence electrons. The first-order valence-electron chi connectivity index (χ1n) is 6.44. The van der Waals surface area contributed by atoms with Gasteiger partial charge >= 0.3 is 0 Å². The predicted octanol–water partition coefficient (Wildman–Crippen LogP) is -2.49. The molecule has 0 saturated carbocycles. The number of nitrogens with zero attached hydrogens (tertiary/aromatic N) is 4. The van der Waals surface area contributed by atoms with Gasteiger partial charge in [-0.3, -0.25) is 5.41 Å². The molecule has 10 nitrogen and oxygen atoms in total. The third-order valence-electron chi connectivity index (χ3n) is 3.72. The fraction of sp³-hybridized carbons (Fsp3) is 0.417. The van der Waals surface area contributed by atoms with Crippen molar-refractivity contribution in [1.29, 1.82) is 10.7 Å². The van der Waals surface area contributed by atoms with Gasteiger partial charge in [0.25, 0.3) is 0 Å². The average Bonchev–Trinajstić information content (AvgIpc) is 3.02. The second-order valence-electron chi connectivity index (χ2n) is 4.99. The van der Waals surface area contributed by atoms with E-state index in [4.69, 9.17) is 21.1 Å². The SMILES string of the molecule is N#Cc1cn(C2OC(CO)C(O)C2O)c2ncn(N)c(=N)c12. The third-order valence-corrected chi connectivity index (χ3v) is 3.72. The maximum absolute atomic E-state index is 10.1. The first-order valence-corrected chi connectivity index (χ1v) is 6.44. The molecule has 0 amide bonds. The van der Waals surface area contributed by atoms with Crippen molar-refractivity contribution in [3.8, 4) is 6.07 Å². The number of nitriles is 1. The van der Waals surface area contributed by atoms with Gasteiger partial charge in [0, 0.05) is 6.20 Å². The summed E-state index contributed by atoms with van der Waals surface area (Å²) in [5, 5.41) is 46.4. The maximum atomic E-state index is 10.1. The Kier molecular flexibility index (Phi) is 3.34. The van der Waals surface area contributed by atoms with Crippen LogP contribution in [0.15, 0.2) is 12.5 Å². The van der Waals surface area contributed by atoms with Crippen LogP contribution in [0.25, 0.3) is 11.0 Å². The van der Waals surface area contributed by atoms with Crippen molar-refractivity contribution in [2.24, 2.45) is 0 Å². The molecule has 2 aromatic rings. The van der Waals surface area contributed by atoms with Gasteiger partial charge in [-0.25, -0.2) is 9.66 Å². The van der Waals surface area contributed by atoms with Gasteiger partial charge in [0.05, 0.1) is 17.6 Å². The highest BCUT2D eigenvalue weighted by atomic mass is 16.6. The number of nitrogens with one attached hydrogen (secondary N) is 1. The van der Waals surface area contributed by atoms with Gasteiger partial charge in [0.2, 0.25) is 0 Å². The Morgan fingerprint density at radius 2 is 2.18 bits per heavy atom. The van der Waals surface area contributed by atoms with Crippen molar-refractivity contribution in [3.63, 3.8) is 0 Å². The van der Waals surface area contributed by atoms with E-state index in [1.807, 2.05) is 6.07 Å². The zero-order chi connectivity index (χ0) is 16.0. The van der Waals surface area contributed by atoms with Gasteiger partial charge < -0.3 is 30.5 Å². The van der Waals surface area contributed by atoms with Crippen LogP contribution in [0.2, 0.25) is 0 Å². The van der Waals surface area contributed by atoms with Crippen molar-refractivity contribution in [3.05, 3.63) is 23.6 Å². The fourth-order valence-electron chi connectivity index (χ4n) is 2.57. The molecule has 6 N–H and O–H groups in total. The molecule has 1 saturated heterocycles. The number of nitrogen functional groups attached to an aromatic ring is 1. The summed E-state index contributed by atoms with van der Waals surface area (Å²) >= 11 is 0. The van der Waals surface area contributed by atoms with Gasteiger partial charge in [-0.15, -0.1) is 0 Å². The highest BCUT2D eigenvalue weighted by Gasteiger charge is 2.44. The summed E-state index contributed by atoms with van der Waals surface area (Å²) in [6.07, 6.45) is -1.98. The van der Waals surface area contributed by atoms with Gasteiger partial charge in [-0.1, -0.05) is 0 Å². The number of hydrogen-bond acceptors (Lipinski definition) is 8. The number of aliphatic hydroxyl groups excluding tert-OH is 3. The monoisotopic (exact) mass is 306 g/mol. The minimum Gasteiger partial charge on any atom is -0.394 e. The highest BCUT2D eigenvalue weighted by Crippen LogP contribution is 2.32. The molecule has 10 heteroatoms. The van der Waals surface area contributed by atoms with E-state index < -0.39 is 31.1 Å². The van der Waals surface area contributed by atoms with Crippen molar-refractivity contribution < 1.29 is 20.1 Å². The number of fused-ring (bicyclic) bond motifs is 1. The lowest BCUT2D eigenvalue weighted by molar-refractivity contribution is -0.0508. The first kappa shape index (κ1) is 14.5. The zero-order valence-electron chi connectivity index (χ0n) is 11.3. The van der Waals surface area contributed by atoms with Crippen LogP contribution in [0.4, 0.5) is 0 Å². The lowest BCUT2D eigenvalue weighted by atomic mass is 10.1. The Labute approximate surface area is 123 Å². The Bertz CT molecular complexity index is 821. The standard InChI is InChI=1S/C12H14N6O4/c13-1-5-2-17(11-7(5)10(14)18(15)4-16-11)12-9(21)8(20)6(3-19)22-12/h2,4,6,8-9,12,14,19-21H,3,15H2. The van der Waals surface area contributed by atoms with E-state index in [-0.39, 0.29) is 22.1 Å². The summed E-state index contributed by atoms with van der Waals surface area (Å²) in [7, 11) is 0. The molecule has 4 unspecified atom stereocenters. The van der Waals surface area contributed by atoms with Crippen LogP contribution >= 0.6 is 0 Å². The van der Waals surface area contributed by atoms with Crippen LogP contribution in [0, 0.1) is 16.7 Å². The summed E-state index contributed by atoms with van der Waals surface area (Å²) in [4.78, 5) is 4.06. The maximum Gasteiger partial charge on any atom is 0.164 e. The Balaban J connectivity index is 2.19. The lowest BCUT2D eigenvalue weighted by Crippen LogP contribution is -2.33. The molecule has 1 fully saturated rings. The Hall–Kier alpha value is -2.45. The molecule has 3 heterocycles. The topological polar surface area (TPSA) is 166 Å². The number of hydrogen-bond donors (Lipinski definition) is 5. The van der Waals surface area contributed by atoms with Crippen molar-refractivity contribution in [2.45, 2.75) is 24.5 Å². The number of ether oxygens (including phenoxy) is 1. The number of aromatic nitrogens is 3. The van der Waals surface area contributed by atoms with Crippen molar-refractivity contribution in [1.82, 2.24) is 14.2 Å².